The molecule has 1 amide bonds. The summed E-state index contributed by atoms with van der Waals surface area (Å²) in [5.41, 5.74) is 2.03. The van der Waals surface area contributed by atoms with Crippen LogP contribution in [0.25, 0.3) is 0 Å². The van der Waals surface area contributed by atoms with Gasteiger partial charge in [0, 0.05) is 45.1 Å². The number of halogens is 1. The maximum Gasteiger partial charge on any atom is 0.259 e. The van der Waals surface area contributed by atoms with Crippen molar-refractivity contribution >= 4 is 23.1 Å². The highest BCUT2D eigenvalue weighted by molar-refractivity contribution is 6.05. The highest BCUT2D eigenvalue weighted by Gasteiger charge is 2.21. The standard InChI is InChI=1S/C23H23FN4O/c1-26(19-7-3-2-4-8-19)23(29)18-11-12-22(25-17-18)28-15-13-27(14-16-28)21-10-6-5-9-20(21)24/h2-12,17H,13-16H2,1H3. The van der Waals surface area contributed by atoms with E-state index in [-0.39, 0.29) is 11.7 Å². The van der Waals surface area contributed by atoms with E-state index in [2.05, 4.69) is 14.8 Å². The van der Waals surface area contributed by atoms with Crippen molar-refractivity contribution in [2.24, 2.45) is 0 Å². The molecule has 2 aromatic carbocycles. The van der Waals surface area contributed by atoms with E-state index in [9.17, 15) is 9.18 Å². The third kappa shape index (κ3) is 4.06. The van der Waals surface area contributed by atoms with Crippen molar-refractivity contribution in [3.8, 4) is 0 Å². The summed E-state index contributed by atoms with van der Waals surface area (Å²) in [5.74, 6) is 0.543. The zero-order chi connectivity index (χ0) is 20.2. The van der Waals surface area contributed by atoms with E-state index in [1.165, 1.54) is 6.07 Å². The molecule has 0 unspecified atom stereocenters. The molecule has 29 heavy (non-hydrogen) atoms. The fraction of sp³-hybridized carbons (Fsp3) is 0.217. The topological polar surface area (TPSA) is 39.7 Å². The Kier molecular flexibility index (Phi) is 5.42. The van der Waals surface area contributed by atoms with Gasteiger partial charge in [0.2, 0.25) is 0 Å². The summed E-state index contributed by atoms with van der Waals surface area (Å²) in [4.78, 5) is 23.0. The SMILES string of the molecule is CN(C(=O)c1ccc(N2CCN(c3ccccc3F)CC2)nc1)c1ccccc1. The molecule has 0 N–H and O–H groups in total. The number of hydrogen-bond donors (Lipinski definition) is 0. The predicted octanol–water partition coefficient (Wildman–Crippen LogP) is 3.82. The lowest BCUT2D eigenvalue weighted by atomic mass is 10.2. The van der Waals surface area contributed by atoms with Crippen LogP contribution in [0.4, 0.5) is 21.6 Å². The Hall–Kier alpha value is -3.41. The van der Waals surface area contributed by atoms with Gasteiger partial charge in [-0.2, -0.15) is 0 Å². The molecule has 1 aliphatic heterocycles. The Bertz CT molecular complexity index is 970. The molecule has 0 radical (unpaired) electrons. The number of pyridine rings is 1. The molecule has 6 heteroatoms. The predicted molar refractivity (Wildman–Crippen MR) is 114 cm³/mol. The number of carbonyl (C=O) groups excluding carboxylic acids is 1. The van der Waals surface area contributed by atoms with Crippen LogP contribution < -0.4 is 14.7 Å². The minimum absolute atomic E-state index is 0.0976. The molecule has 148 valence electrons. The number of nitrogens with zero attached hydrogens (tertiary/aromatic N) is 4. The molecule has 5 nitrogen and oxygen atoms in total. The highest BCUT2D eigenvalue weighted by atomic mass is 19.1. The van der Waals surface area contributed by atoms with E-state index < -0.39 is 0 Å². The zero-order valence-corrected chi connectivity index (χ0v) is 16.3. The van der Waals surface area contributed by atoms with Crippen molar-refractivity contribution < 1.29 is 9.18 Å². The molecule has 0 saturated carbocycles. The Labute approximate surface area is 170 Å². The van der Waals surface area contributed by atoms with Crippen molar-refractivity contribution in [3.63, 3.8) is 0 Å². The quantitative estimate of drug-likeness (QED) is 0.679. The number of amides is 1. The minimum atomic E-state index is -0.190. The third-order valence-electron chi connectivity index (χ3n) is 5.24. The molecule has 2 heterocycles. The molecule has 0 atom stereocenters. The van der Waals surface area contributed by atoms with Crippen LogP contribution >= 0.6 is 0 Å². The smallest absolute Gasteiger partial charge is 0.259 e. The van der Waals surface area contributed by atoms with Crippen LogP contribution in [-0.2, 0) is 0 Å². The normalized spacial score (nSPS) is 14.0. The Morgan fingerprint density at radius 1 is 0.897 bits per heavy atom. The number of anilines is 3. The fourth-order valence-electron chi connectivity index (χ4n) is 3.55. The first-order valence-electron chi connectivity index (χ1n) is 9.67. The Balaban J connectivity index is 1.40. The van der Waals surface area contributed by atoms with Crippen molar-refractivity contribution in [2.75, 3.05) is 47.9 Å². The third-order valence-corrected chi connectivity index (χ3v) is 5.24. The molecule has 0 spiro atoms. The van der Waals surface area contributed by atoms with E-state index in [0.717, 1.165) is 37.7 Å². The van der Waals surface area contributed by atoms with Gasteiger partial charge in [0.15, 0.2) is 0 Å². The van der Waals surface area contributed by atoms with E-state index >= 15 is 0 Å². The molecule has 1 saturated heterocycles. The zero-order valence-electron chi connectivity index (χ0n) is 16.3. The van der Waals surface area contributed by atoms with Crippen LogP contribution in [0.2, 0.25) is 0 Å². The lowest BCUT2D eigenvalue weighted by Gasteiger charge is -2.36. The first kappa shape index (κ1) is 18.9. The van der Waals surface area contributed by atoms with Crippen LogP contribution in [0.1, 0.15) is 10.4 Å². The summed E-state index contributed by atoms with van der Waals surface area (Å²) in [6, 6.07) is 20.1. The maximum atomic E-state index is 14.0. The molecule has 1 aromatic heterocycles. The van der Waals surface area contributed by atoms with Gasteiger partial charge in [0.25, 0.3) is 5.91 Å². The van der Waals surface area contributed by atoms with Gasteiger partial charge in [-0.15, -0.1) is 0 Å². The van der Waals surface area contributed by atoms with Crippen molar-refractivity contribution in [2.45, 2.75) is 0 Å². The van der Waals surface area contributed by atoms with Crippen LogP contribution in [-0.4, -0.2) is 44.1 Å². The second kappa shape index (κ2) is 8.31. The monoisotopic (exact) mass is 390 g/mol. The van der Waals surface area contributed by atoms with Gasteiger partial charge >= 0.3 is 0 Å². The number of hydrogen-bond acceptors (Lipinski definition) is 4. The van der Waals surface area contributed by atoms with E-state index in [4.69, 9.17) is 0 Å². The van der Waals surface area contributed by atoms with E-state index in [0.29, 0.717) is 11.3 Å². The number of piperazine rings is 1. The highest BCUT2D eigenvalue weighted by Crippen LogP contribution is 2.22. The number of rotatable bonds is 4. The average molecular weight is 390 g/mol. The van der Waals surface area contributed by atoms with E-state index in [1.807, 2.05) is 54.6 Å². The molecule has 1 fully saturated rings. The van der Waals surface area contributed by atoms with Crippen LogP contribution in [0.5, 0.6) is 0 Å². The Morgan fingerprint density at radius 2 is 1.55 bits per heavy atom. The number of benzene rings is 2. The van der Waals surface area contributed by atoms with Crippen molar-refractivity contribution in [3.05, 3.63) is 84.3 Å². The minimum Gasteiger partial charge on any atom is -0.366 e. The second-order valence-electron chi connectivity index (χ2n) is 7.03. The van der Waals surface area contributed by atoms with Crippen LogP contribution in [0.3, 0.4) is 0 Å². The van der Waals surface area contributed by atoms with Crippen LogP contribution in [0, 0.1) is 5.82 Å². The molecule has 1 aliphatic rings. The summed E-state index contributed by atoms with van der Waals surface area (Å²) in [6.45, 7) is 2.94. The first-order chi connectivity index (χ1) is 14.1. The number of aromatic nitrogens is 1. The molecular formula is C23H23FN4O. The molecule has 0 aliphatic carbocycles. The fourth-order valence-corrected chi connectivity index (χ4v) is 3.55. The van der Waals surface area contributed by atoms with Crippen LogP contribution in [0.15, 0.2) is 72.9 Å². The van der Waals surface area contributed by atoms with Gasteiger partial charge in [0.1, 0.15) is 11.6 Å². The lowest BCUT2D eigenvalue weighted by Crippen LogP contribution is -2.47. The summed E-state index contributed by atoms with van der Waals surface area (Å²) in [6.07, 6.45) is 1.63. The molecule has 3 aromatic rings. The first-order valence-corrected chi connectivity index (χ1v) is 9.67. The van der Waals surface area contributed by atoms with Crippen molar-refractivity contribution in [1.82, 2.24) is 4.98 Å². The molecule has 4 rings (SSSR count). The molecular weight excluding hydrogens is 367 g/mol. The maximum absolute atomic E-state index is 14.0. The van der Waals surface area contributed by atoms with Crippen molar-refractivity contribution in [1.29, 1.82) is 0 Å². The average Bonchev–Trinajstić information content (AvgIpc) is 2.79. The van der Waals surface area contributed by atoms with Gasteiger partial charge in [-0.1, -0.05) is 30.3 Å². The van der Waals surface area contributed by atoms with Gasteiger partial charge in [-0.25, -0.2) is 9.37 Å². The van der Waals surface area contributed by atoms with Gasteiger partial charge in [-0.05, 0) is 36.4 Å². The van der Waals surface area contributed by atoms with Gasteiger partial charge in [0.05, 0.1) is 11.3 Å². The summed E-state index contributed by atoms with van der Waals surface area (Å²) in [7, 11) is 1.76. The van der Waals surface area contributed by atoms with Gasteiger partial charge in [-0.3, -0.25) is 4.79 Å². The largest absolute Gasteiger partial charge is 0.366 e. The Morgan fingerprint density at radius 3 is 2.21 bits per heavy atom. The summed E-state index contributed by atoms with van der Waals surface area (Å²) >= 11 is 0. The lowest BCUT2D eigenvalue weighted by molar-refractivity contribution is 0.0992. The molecule has 0 bridgehead atoms. The summed E-state index contributed by atoms with van der Waals surface area (Å²) in [5, 5.41) is 0. The second-order valence-corrected chi connectivity index (χ2v) is 7.03. The summed E-state index contributed by atoms with van der Waals surface area (Å²) < 4.78 is 14.0. The number of carbonyl (C=O) groups is 1. The van der Waals surface area contributed by atoms with E-state index in [1.54, 1.807) is 24.2 Å². The van der Waals surface area contributed by atoms with Gasteiger partial charge < -0.3 is 14.7 Å². The number of para-hydroxylation sites is 2.